The van der Waals surface area contributed by atoms with Crippen LogP contribution in [0.15, 0.2) is 0 Å². The summed E-state index contributed by atoms with van der Waals surface area (Å²) in [5.74, 6) is -3.77. The third-order valence-electron chi connectivity index (χ3n) is 1.71. The van der Waals surface area contributed by atoms with Crippen LogP contribution in [-0.2, 0) is 9.47 Å². The molecule has 1 heterocycles. The Balaban J connectivity index is 3.24. The number of methoxy groups -OCH3 is 2. The Bertz CT molecular complexity index is 371. The molecule has 0 aliphatic carbocycles. The highest BCUT2D eigenvalue weighted by atomic mass is 16.5. The number of hydrogen-bond donors (Lipinski definition) is 2. The van der Waals surface area contributed by atoms with Crippen LogP contribution in [0.3, 0.4) is 0 Å². The highest BCUT2D eigenvalue weighted by molar-refractivity contribution is 5.98. The maximum absolute atomic E-state index is 11.2. The molecule has 0 saturated carbocycles. The lowest BCUT2D eigenvalue weighted by Crippen LogP contribution is -2.06. The van der Waals surface area contributed by atoms with Gasteiger partial charge in [0, 0.05) is 0 Å². The number of rotatable bonds is 2. The first-order valence-electron chi connectivity index (χ1n) is 3.81. The van der Waals surface area contributed by atoms with Gasteiger partial charge in [-0.05, 0) is 5.75 Å². The van der Waals surface area contributed by atoms with Crippen molar-refractivity contribution in [2.24, 2.45) is 0 Å². The van der Waals surface area contributed by atoms with E-state index in [0.29, 0.717) is 0 Å². The molecule has 0 unspecified atom stereocenters. The van der Waals surface area contributed by atoms with E-state index in [-0.39, 0.29) is 0 Å². The van der Waals surface area contributed by atoms with E-state index in [9.17, 15) is 19.8 Å². The molecule has 0 saturated heterocycles. The molecule has 0 spiro atoms. The molecule has 7 nitrogen and oxygen atoms in total. The molecule has 7 heteroatoms. The predicted octanol–water partition coefficient (Wildman–Crippen LogP) is -0.633. The number of nitrogens with one attached hydrogen (secondary N) is 1. The SMILES string of the molecule is COC(=O)c1[nH]c(C(=O)OC)c(O)c1[O-]. The van der Waals surface area contributed by atoms with Gasteiger partial charge in [-0.3, -0.25) is 0 Å². The second kappa shape index (κ2) is 3.91. The van der Waals surface area contributed by atoms with Crippen LogP contribution in [-0.4, -0.2) is 36.2 Å². The van der Waals surface area contributed by atoms with Gasteiger partial charge in [0.25, 0.3) is 0 Å². The molecule has 1 aromatic heterocycles. The lowest BCUT2D eigenvalue weighted by Gasteiger charge is -2.04. The Labute approximate surface area is 84.2 Å². The summed E-state index contributed by atoms with van der Waals surface area (Å²) in [5.41, 5.74) is -0.988. The van der Waals surface area contributed by atoms with E-state index in [1.807, 2.05) is 0 Å². The summed E-state index contributed by atoms with van der Waals surface area (Å²) in [6, 6.07) is 0. The first-order valence-corrected chi connectivity index (χ1v) is 3.81. The number of carbonyl (C=O) groups is 2. The van der Waals surface area contributed by atoms with Crippen molar-refractivity contribution in [1.82, 2.24) is 4.98 Å². The lowest BCUT2D eigenvalue weighted by atomic mass is 10.3. The molecule has 0 fully saturated rings. The molecule has 0 aromatic carbocycles. The van der Waals surface area contributed by atoms with E-state index in [1.54, 1.807) is 0 Å². The fourth-order valence-corrected chi connectivity index (χ4v) is 0.968. The largest absolute Gasteiger partial charge is 0.868 e. The van der Waals surface area contributed by atoms with Crippen molar-refractivity contribution >= 4 is 11.9 Å². The topological polar surface area (TPSA) is 112 Å². The molecule has 0 radical (unpaired) electrons. The van der Waals surface area contributed by atoms with Crippen LogP contribution in [0.1, 0.15) is 21.0 Å². The summed E-state index contributed by atoms with van der Waals surface area (Å²) in [4.78, 5) is 24.1. The molecule has 1 rings (SSSR count). The van der Waals surface area contributed by atoms with Gasteiger partial charge in [-0.25, -0.2) is 9.59 Å². The Kier molecular flexibility index (Phi) is 2.84. The Morgan fingerprint density at radius 1 is 1.20 bits per heavy atom. The lowest BCUT2D eigenvalue weighted by molar-refractivity contribution is -0.270. The maximum atomic E-state index is 11.2. The van der Waals surface area contributed by atoms with Crippen LogP contribution >= 0.6 is 0 Å². The number of hydrogen-bond acceptors (Lipinski definition) is 6. The van der Waals surface area contributed by atoms with Gasteiger partial charge in [0.05, 0.1) is 14.2 Å². The first kappa shape index (κ1) is 10.9. The Morgan fingerprint density at radius 3 is 2.13 bits per heavy atom. The van der Waals surface area contributed by atoms with Crippen LogP contribution in [0.5, 0.6) is 11.5 Å². The van der Waals surface area contributed by atoms with Crippen molar-refractivity contribution < 1.29 is 29.3 Å². The third kappa shape index (κ3) is 1.71. The minimum Gasteiger partial charge on any atom is -0.868 e. The molecule has 0 amide bonds. The van der Waals surface area contributed by atoms with Gasteiger partial charge in [0.1, 0.15) is 11.4 Å². The summed E-state index contributed by atoms with van der Waals surface area (Å²) in [7, 11) is 2.14. The quantitative estimate of drug-likeness (QED) is 0.633. The van der Waals surface area contributed by atoms with Crippen molar-refractivity contribution in [3.8, 4) is 11.5 Å². The Morgan fingerprint density at radius 2 is 1.67 bits per heavy atom. The minimum atomic E-state index is -0.998. The molecule has 0 aliphatic rings. The molecular weight excluding hydrogens is 206 g/mol. The summed E-state index contributed by atoms with van der Waals surface area (Å²) in [6.07, 6.45) is 0. The average molecular weight is 214 g/mol. The number of esters is 2. The minimum absolute atomic E-state index is 0.470. The number of aromatic amines is 1. The number of aromatic hydroxyl groups is 1. The number of H-pyrrole nitrogens is 1. The second-order valence-electron chi connectivity index (χ2n) is 2.54. The zero-order valence-electron chi connectivity index (χ0n) is 7.99. The van der Waals surface area contributed by atoms with Gasteiger partial charge in [0.2, 0.25) is 0 Å². The molecule has 0 atom stereocenters. The molecule has 1 aromatic rings. The van der Waals surface area contributed by atoms with Crippen LogP contribution in [0.25, 0.3) is 0 Å². The van der Waals surface area contributed by atoms with Crippen molar-refractivity contribution in [2.45, 2.75) is 0 Å². The van der Waals surface area contributed by atoms with E-state index in [0.717, 1.165) is 14.2 Å². The van der Waals surface area contributed by atoms with Gasteiger partial charge < -0.3 is 24.7 Å². The normalized spacial score (nSPS) is 9.73. The van der Waals surface area contributed by atoms with Crippen LogP contribution in [0.4, 0.5) is 0 Å². The fourth-order valence-electron chi connectivity index (χ4n) is 0.968. The van der Waals surface area contributed by atoms with Crippen molar-refractivity contribution in [1.29, 1.82) is 0 Å². The van der Waals surface area contributed by atoms with E-state index >= 15 is 0 Å². The summed E-state index contributed by atoms with van der Waals surface area (Å²) < 4.78 is 8.54. The van der Waals surface area contributed by atoms with Crippen molar-refractivity contribution in [3.05, 3.63) is 11.4 Å². The average Bonchev–Trinajstić information content (AvgIpc) is 2.54. The monoisotopic (exact) mass is 214 g/mol. The van der Waals surface area contributed by atoms with Gasteiger partial charge in [-0.15, -0.1) is 0 Å². The van der Waals surface area contributed by atoms with E-state index < -0.39 is 34.8 Å². The van der Waals surface area contributed by atoms with Crippen LogP contribution < -0.4 is 5.11 Å². The molecular formula is C8H8NO6-. The zero-order valence-corrected chi connectivity index (χ0v) is 7.99. The third-order valence-corrected chi connectivity index (χ3v) is 1.71. The fraction of sp³-hybridized carbons (Fsp3) is 0.250. The van der Waals surface area contributed by atoms with Gasteiger partial charge in [0.15, 0.2) is 5.69 Å². The van der Waals surface area contributed by atoms with Gasteiger partial charge in [-0.2, -0.15) is 0 Å². The summed E-state index contributed by atoms with van der Waals surface area (Å²) in [5, 5.41) is 20.4. The number of aromatic nitrogens is 1. The first-order chi connectivity index (χ1) is 7.02. The number of ether oxygens (including phenoxy) is 2. The molecule has 15 heavy (non-hydrogen) atoms. The van der Waals surface area contributed by atoms with Crippen LogP contribution in [0.2, 0.25) is 0 Å². The maximum Gasteiger partial charge on any atom is 0.358 e. The highest BCUT2D eigenvalue weighted by Crippen LogP contribution is 2.30. The summed E-state index contributed by atoms with van der Waals surface area (Å²) >= 11 is 0. The van der Waals surface area contributed by atoms with E-state index in [1.165, 1.54) is 0 Å². The molecule has 2 N–H and O–H groups in total. The van der Waals surface area contributed by atoms with Gasteiger partial charge in [-0.1, -0.05) is 0 Å². The predicted molar refractivity (Wildman–Crippen MR) is 44.6 cm³/mol. The standard InChI is InChI=1S/C8H9NO6/c1-14-7(12)3-5(10)6(11)4(9-3)8(13)15-2/h9-11H,1-2H3/p-1. The zero-order chi connectivity index (χ0) is 11.6. The second-order valence-corrected chi connectivity index (χ2v) is 2.54. The molecule has 0 aliphatic heterocycles. The highest BCUT2D eigenvalue weighted by Gasteiger charge is 2.21. The Hall–Kier alpha value is -2.18. The summed E-state index contributed by atoms with van der Waals surface area (Å²) in [6.45, 7) is 0. The molecule has 0 bridgehead atoms. The molecule has 82 valence electrons. The number of carbonyl (C=O) groups excluding carboxylic acids is 2. The van der Waals surface area contributed by atoms with Crippen molar-refractivity contribution in [3.63, 3.8) is 0 Å². The van der Waals surface area contributed by atoms with Crippen molar-refractivity contribution in [2.75, 3.05) is 14.2 Å². The van der Waals surface area contributed by atoms with E-state index in [2.05, 4.69) is 14.5 Å². The van der Waals surface area contributed by atoms with E-state index in [4.69, 9.17) is 0 Å². The van der Waals surface area contributed by atoms with Gasteiger partial charge >= 0.3 is 11.9 Å². The van der Waals surface area contributed by atoms with Crippen LogP contribution in [0, 0.1) is 0 Å². The smallest absolute Gasteiger partial charge is 0.358 e.